The Morgan fingerprint density at radius 2 is 1.17 bits per heavy atom. The predicted molar refractivity (Wildman–Crippen MR) is 101 cm³/mol. The summed E-state index contributed by atoms with van der Waals surface area (Å²) in [7, 11) is 0. The quantitative estimate of drug-likeness (QED) is 0.322. The van der Waals surface area contributed by atoms with Gasteiger partial charge in [0, 0.05) is 12.8 Å². The lowest BCUT2D eigenvalue weighted by Crippen LogP contribution is -2.02. The number of unbranched alkanes of at least 4 members (excludes halogenated alkanes) is 11. The minimum atomic E-state index is 0.392. The summed E-state index contributed by atoms with van der Waals surface area (Å²) in [6.07, 6.45) is 17.5. The van der Waals surface area contributed by atoms with Crippen molar-refractivity contribution in [3.8, 4) is 0 Å². The number of carbonyl (C=O) groups is 1. The number of hydrogen-bond acceptors (Lipinski definition) is 1. The fourth-order valence-electron chi connectivity index (χ4n) is 3.08. The Labute approximate surface area is 143 Å². The van der Waals surface area contributed by atoms with Crippen molar-refractivity contribution in [3.63, 3.8) is 0 Å². The van der Waals surface area contributed by atoms with Crippen LogP contribution in [0, 0.1) is 0 Å². The zero-order valence-corrected chi connectivity index (χ0v) is 15.2. The molecule has 0 saturated carbocycles. The number of benzene rings is 1. The molecule has 1 heteroatoms. The minimum Gasteiger partial charge on any atom is -0.299 e. The zero-order valence-electron chi connectivity index (χ0n) is 15.2. The summed E-state index contributed by atoms with van der Waals surface area (Å²) in [5.41, 5.74) is 1.15. The second-order valence-corrected chi connectivity index (χ2v) is 6.84. The van der Waals surface area contributed by atoms with Crippen LogP contribution in [0.1, 0.15) is 96.0 Å². The van der Waals surface area contributed by atoms with E-state index in [4.69, 9.17) is 0 Å². The van der Waals surface area contributed by atoms with Crippen molar-refractivity contribution in [2.24, 2.45) is 0 Å². The van der Waals surface area contributed by atoms with Crippen LogP contribution in [0.25, 0.3) is 0 Å². The Kier molecular flexibility index (Phi) is 12.6. The standard InChI is InChI=1S/C22H36O/c1-2-3-4-5-6-7-8-9-10-11-12-16-19-22(23)20-21-17-14-13-15-18-21/h13-15,17-18H,2-12,16,19-20H2,1H3. The number of ketones is 1. The molecule has 1 rings (SSSR count). The smallest absolute Gasteiger partial charge is 0.137 e. The van der Waals surface area contributed by atoms with Gasteiger partial charge in [0.05, 0.1) is 0 Å². The average Bonchev–Trinajstić information content (AvgIpc) is 2.57. The lowest BCUT2D eigenvalue weighted by Gasteiger charge is -2.03. The fraction of sp³-hybridized carbons (Fsp3) is 0.682. The van der Waals surface area contributed by atoms with Crippen molar-refractivity contribution in [1.82, 2.24) is 0 Å². The fourth-order valence-corrected chi connectivity index (χ4v) is 3.08. The lowest BCUT2D eigenvalue weighted by molar-refractivity contribution is -0.118. The van der Waals surface area contributed by atoms with Gasteiger partial charge in [-0.25, -0.2) is 0 Å². The Morgan fingerprint density at radius 3 is 1.70 bits per heavy atom. The average molecular weight is 317 g/mol. The third-order valence-corrected chi connectivity index (χ3v) is 4.55. The molecule has 0 spiro atoms. The van der Waals surface area contributed by atoms with Crippen molar-refractivity contribution in [2.45, 2.75) is 96.8 Å². The normalized spacial score (nSPS) is 10.8. The van der Waals surface area contributed by atoms with Crippen LogP contribution >= 0.6 is 0 Å². The monoisotopic (exact) mass is 316 g/mol. The molecule has 23 heavy (non-hydrogen) atoms. The van der Waals surface area contributed by atoms with Crippen LogP contribution < -0.4 is 0 Å². The summed E-state index contributed by atoms with van der Waals surface area (Å²) >= 11 is 0. The maximum absolute atomic E-state index is 11.9. The lowest BCUT2D eigenvalue weighted by atomic mass is 10.0. The Balaban J connectivity index is 1.83. The summed E-state index contributed by atoms with van der Waals surface area (Å²) in [6, 6.07) is 10.1. The largest absolute Gasteiger partial charge is 0.299 e. The molecule has 0 aliphatic rings. The van der Waals surface area contributed by atoms with Gasteiger partial charge in [-0.2, -0.15) is 0 Å². The van der Waals surface area contributed by atoms with Crippen molar-refractivity contribution >= 4 is 5.78 Å². The van der Waals surface area contributed by atoms with Gasteiger partial charge >= 0.3 is 0 Å². The first kappa shape index (κ1) is 19.9. The van der Waals surface area contributed by atoms with E-state index in [0.717, 1.165) is 18.4 Å². The summed E-state index contributed by atoms with van der Waals surface area (Å²) in [5, 5.41) is 0. The minimum absolute atomic E-state index is 0.392. The molecule has 0 saturated heterocycles. The Hall–Kier alpha value is -1.11. The van der Waals surface area contributed by atoms with Gasteiger partial charge in [-0.05, 0) is 12.0 Å². The first-order chi connectivity index (χ1) is 11.3. The molecule has 0 N–H and O–H groups in total. The maximum atomic E-state index is 11.9. The van der Waals surface area contributed by atoms with Crippen LogP contribution in [0.5, 0.6) is 0 Å². The van der Waals surface area contributed by atoms with E-state index >= 15 is 0 Å². The molecule has 0 radical (unpaired) electrons. The molecule has 0 amide bonds. The van der Waals surface area contributed by atoms with Crippen LogP contribution in [-0.4, -0.2) is 5.78 Å². The van der Waals surface area contributed by atoms with Gasteiger partial charge in [0.1, 0.15) is 5.78 Å². The first-order valence-electron chi connectivity index (χ1n) is 9.88. The predicted octanol–water partition coefficient (Wildman–Crippen LogP) is 6.89. The molecule has 0 bridgehead atoms. The molecule has 0 atom stereocenters. The SMILES string of the molecule is CCCCCCCCCCCCCCC(=O)Cc1ccccc1. The van der Waals surface area contributed by atoms with Crippen LogP contribution in [-0.2, 0) is 11.2 Å². The van der Waals surface area contributed by atoms with Gasteiger partial charge in [0.25, 0.3) is 0 Å². The van der Waals surface area contributed by atoms with Crippen LogP contribution in [0.15, 0.2) is 30.3 Å². The second kappa shape index (κ2) is 14.5. The highest BCUT2D eigenvalue weighted by molar-refractivity contribution is 5.80. The van der Waals surface area contributed by atoms with Gasteiger partial charge in [-0.1, -0.05) is 108 Å². The van der Waals surface area contributed by atoms with Crippen molar-refractivity contribution in [2.75, 3.05) is 0 Å². The third-order valence-electron chi connectivity index (χ3n) is 4.55. The van der Waals surface area contributed by atoms with E-state index in [-0.39, 0.29) is 0 Å². The number of carbonyl (C=O) groups excluding carboxylic acids is 1. The van der Waals surface area contributed by atoms with E-state index in [9.17, 15) is 4.79 Å². The van der Waals surface area contributed by atoms with Crippen molar-refractivity contribution < 1.29 is 4.79 Å². The number of hydrogen-bond donors (Lipinski definition) is 0. The summed E-state index contributed by atoms with van der Waals surface area (Å²) in [6.45, 7) is 2.27. The van der Waals surface area contributed by atoms with E-state index in [1.807, 2.05) is 30.3 Å². The van der Waals surface area contributed by atoms with Crippen LogP contribution in [0.4, 0.5) is 0 Å². The molecule has 0 aliphatic carbocycles. The summed E-state index contributed by atoms with van der Waals surface area (Å²) in [5.74, 6) is 0.392. The van der Waals surface area contributed by atoms with E-state index in [1.54, 1.807) is 0 Å². The van der Waals surface area contributed by atoms with Gasteiger partial charge < -0.3 is 0 Å². The maximum Gasteiger partial charge on any atom is 0.137 e. The van der Waals surface area contributed by atoms with E-state index in [1.165, 1.54) is 70.6 Å². The van der Waals surface area contributed by atoms with Gasteiger partial charge in [0.2, 0.25) is 0 Å². The van der Waals surface area contributed by atoms with Gasteiger partial charge in [-0.3, -0.25) is 4.79 Å². The molecule has 1 aromatic rings. The highest BCUT2D eigenvalue weighted by Crippen LogP contribution is 2.13. The topological polar surface area (TPSA) is 17.1 Å². The Morgan fingerprint density at radius 1 is 0.696 bits per heavy atom. The van der Waals surface area contributed by atoms with E-state index in [2.05, 4.69) is 6.92 Å². The van der Waals surface area contributed by atoms with E-state index in [0.29, 0.717) is 12.2 Å². The van der Waals surface area contributed by atoms with Crippen LogP contribution in [0.3, 0.4) is 0 Å². The molecule has 0 aliphatic heterocycles. The molecule has 1 aromatic carbocycles. The summed E-state index contributed by atoms with van der Waals surface area (Å²) in [4.78, 5) is 11.9. The molecule has 1 nitrogen and oxygen atoms in total. The summed E-state index contributed by atoms with van der Waals surface area (Å²) < 4.78 is 0. The van der Waals surface area contributed by atoms with Gasteiger partial charge in [-0.15, -0.1) is 0 Å². The molecule has 0 unspecified atom stereocenters. The zero-order chi connectivity index (χ0) is 16.6. The highest BCUT2D eigenvalue weighted by Gasteiger charge is 2.03. The molecule has 130 valence electrons. The molecule has 0 aromatic heterocycles. The van der Waals surface area contributed by atoms with Crippen molar-refractivity contribution in [1.29, 1.82) is 0 Å². The highest BCUT2D eigenvalue weighted by atomic mass is 16.1. The molecule has 0 fully saturated rings. The van der Waals surface area contributed by atoms with E-state index < -0.39 is 0 Å². The van der Waals surface area contributed by atoms with Crippen molar-refractivity contribution in [3.05, 3.63) is 35.9 Å². The van der Waals surface area contributed by atoms with Crippen LogP contribution in [0.2, 0.25) is 0 Å². The number of Topliss-reactive ketones (excluding diaryl/α,β-unsaturated/α-hetero) is 1. The third kappa shape index (κ3) is 12.0. The second-order valence-electron chi connectivity index (χ2n) is 6.84. The molecular weight excluding hydrogens is 280 g/mol. The molecule has 0 heterocycles. The molecular formula is C22H36O. The number of rotatable bonds is 15. The first-order valence-corrected chi connectivity index (χ1v) is 9.88. The Bertz CT molecular complexity index is 382. The van der Waals surface area contributed by atoms with Gasteiger partial charge in [0.15, 0.2) is 0 Å².